The number of aromatic hydroxyl groups is 1. The van der Waals surface area contributed by atoms with Gasteiger partial charge in [-0.15, -0.1) is 0 Å². The maximum atomic E-state index is 10.8. The molecule has 0 fully saturated rings. The maximum Gasteiger partial charge on any atom is 0.372 e. The van der Waals surface area contributed by atoms with Gasteiger partial charge in [-0.1, -0.05) is 0 Å². The number of ether oxygens (including phenoxy) is 1. The van der Waals surface area contributed by atoms with Crippen LogP contribution in [0.5, 0.6) is 11.7 Å². The van der Waals surface area contributed by atoms with Crippen molar-refractivity contribution in [2.45, 2.75) is 0 Å². The molecular weight excluding hydrogens is 200 g/mol. The molecular formula is C10H8O5. The summed E-state index contributed by atoms with van der Waals surface area (Å²) in [5.74, 6) is -1.41. The molecule has 0 spiro atoms. The molecule has 1 aromatic heterocycles. The fraction of sp³-hybridized carbons (Fsp3) is 0.100. The number of carboxylic acids is 1. The summed E-state index contributed by atoms with van der Waals surface area (Å²) in [5, 5.41) is 18.8. The van der Waals surface area contributed by atoms with Crippen molar-refractivity contribution in [2.75, 3.05) is 7.11 Å². The largest absolute Gasteiger partial charge is 0.497 e. The summed E-state index contributed by atoms with van der Waals surface area (Å²) >= 11 is 0. The number of carboxylic acid groups (broad SMARTS) is 1. The number of methoxy groups -OCH3 is 1. The summed E-state index contributed by atoms with van der Waals surface area (Å²) in [4.78, 5) is 10.8. The van der Waals surface area contributed by atoms with E-state index in [2.05, 4.69) is 0 Å². The Hall–Kier alpha value is -2.17. The van der Waals surface area contributed by atoms with E-state index in [9.17, 15) is 9.90 Å². The third-order valence-corrected chi connectivity index (χ3v) is 2.09. The second-order valence-electron chi connectivity index (χ2n) is 2.95. The van der Waals surface area contributed by atoms with Crippen LogP contribution in [0.2, 0.25) is 0 Å². The van der Waals surface area contributed by atoms with Crippen molar-refractivity contribution in [3.8, 4) is 11.7 Å². The number of hydrogen-bond acceptors (Lipinski definition) is 4. The van der Waals surface area contributed by atoms with Crippen molar-refractivity contribution in [3.63, 3.8) is 0 Å². The minimum Gasteiger partial charge on any atom is -0.497 e. The lowest BCUT2D eigenvalue weighted by Crippen LogP contribution is -1.93. The summed E-state index contributed by atoms with van der Waals surface area (Å²) in [6.45, 7) is 0. The van der Waals surface area contributed by atoms with Crippen LogP contribution >= 0.6 is 0 Å². The Morgan fingerprint density at radius 2 is 2.13 bits per heavy atom. The van der Waals surface area contributed by atoms with Crippen LogP contribution in [0.1, 0.15) is 10.6 Å². The zero-order valence-corrected chi connectivity index (χ0v) is 7.85. The van der Waals surface area contributed by atoms with E-state index in [0.29, 0.717) is 16.5 Å². The standard InChI is InChI=1S/C10H8O5/c1-14-5-2-3-6-7(4-5)8(9(11)12)15-10(6)13/h2-4,13H,1H3,(H,11,12). The number of carbonyl (C=O) groups is 1. The van der Waals surface area contributed by atoms with E-state index >= 15 is 0 Å². The lowest BCUT2D eigenvalue weighted by atomic mass is 10.1. The summed E-state index contributed by atoms with van der Waals surface area (Å²) in [5.41, 5.74) is 0. The molecule has 0 saturated carbocycles. The maximum absolute atomic E-state index is 10.8. The predicted octanol–water partition coefficient (Wildman–Crippen LogP) is 1.85. The molecule has 0 unspecified atom stereocenters. The van der Waals surface area contributed by atoms with Gasteiger partial charge in [-0.05, 0) is 18.2 Å². The minimum atomic E-state index is -1.23. The van der Waals surface area contributed by atoms with Crippen molar-refractivity contribution in [1.82, 2.24) is 0 Å². The Balaban J connectivity index is 2.77. The Morgan fingerprint density at radius 1 is 1.40 bits per heavy atom. The second kappa shape index (κ2) is 3.20. The Labute approximate surface area is 84.5 Å². The SMILES string of the molecule is COc1ccc2c(O)oc(C(=O)O)c2c1. The lowest BCUT2D eigenvalue weighted by Gasteiger charge is -1.98. The van der Waals surface area contributed by atoms with Crippen LogP contribution in [0.15, 0.2) is 22.6 Å². The van der Waals surface area contributed by atoms with Gasteiger partial charge in [0.05, 0.1) is 12.5 Å². The fourth-order valence-electron chi connectivity index (χ4n) is 1.39. The van der Waals surface area contributed by atoms with Crippen LogP contribution in [-0.4, -0.2) is 23.3 Å². The normalized spacial score (nSPS) is 10.5. The van der Waals surface area contributed by atoms with Crippen LogP contribution in [0, 0.1) is 0 Å². The van der Waals surface area contributed by atoms with E-state index in [1.807, 2.05) is 0 Å². The van der Waals surface area contributed by atoms with Gasteiger partial charge in [0, 0.05) is 5.39 Å². The average Bonchev–Trinajstić information content (AvgIpc) is 2.56. The van der Waals surface area contributed by atoms with E-state index in [4.69, 9.17) is 14.3 Å². The first-order valence-electron chi connectivity index (χ1n) is 4.16. The molecule has 0 bridgehead atoms. The second-order valence-corrected chi connectivity index (χ2v) is 2.95. The number of aromatic carboxylic acids is 1. The third-order valence-electron chi connectivity index (χ3n) is 2.09. The minimum absolute atomic E-state index is 0.290. The van der Waals surface area contributed by atoms with Crippen molar-refractivity contribution in [3.05, 3.63) is 24.0 Å². The summed E-state index contributed by atoms with van der Waals surface area (Å²) < 4.78 is 9.68. The molecule has 2 N–H and O–H groups in total. The van der Waals surface area contributed by atoms with Crippen LogP contribution in [-0.2, 0) is 0 Å². The number of rotatable bonds is 2. The van der Waals surface area contributed by atoms with E-state index < -0.39 is 11.9 Å². The van der Waals surface area contributed by atoms with E-state index in [1.165, 1.54) is 13.2 Å². The molecule has 1 aromatic carbocycles. The van der Waals surface area contributed by atoms with Crippen molar-refractivity contribution < 1.29 is 24.2 Å². The fourth-order valence-corrected chi connectivity index (χ4v) is 1.39. The van der Waals surface area contributed by atoms with E-state index in [0.717, 1.165) is 0 Å². The number of fused-ring (bicyclic) bond motifs is 1. The molecule has 0 aliphatic rings. The quantitative estimate of drug-likeness (QED) is 0.787. The highest BCUT2D eigenvalue weighted by atomic mass is 16.5. The molecule has 0 amide bonds. The zero-order valence-electron chi connectivity index (χ0n) is 7.85. The van der Waals surface area contributed by atoms with E-state index in [-0.39, 0.29) is 5.76 Å². The highest BCUT2D eigenvalue weighted by molar-refractivity contribution is 6.03. The summed E-state index contributed by atoms with van der Waals surface area (Å²) in [6.07, 6.45) is 0. The Bertz CT molecular complexity index is 526. The Kier molecular flexibility index (Phi) is 2.00. The third kappa shape index (κ3) is 1.38. The molecule has 0 saturated heterocycles. The summed E-state index contributed by atoms with van der Waals surface area (Å²) in [6, 6.07) is 4.66. The first kappa shape index (κ1) is 9.39. The van der Waals surface area contributed by atoms with Crippen molar-refractivity contribution in [2.24, 2.45) is 0 Å². The summed E-state index contributed by atoms with van der Waals surface area (Å²) in [7, 11) is 1.47. The number of furan rings is 1. The molecule has 5 heteroatoms. The molecule has 2 aromatic rings. The highest BCUT2D eigenvalue weighted by Crippen LogP contribution is 2.33. The van der Waals surface area contributed by atoms with Gasteiger partial charge < -0.3 is 19.4 Å². The topological polar surface area (TPSA) is 79.9 Å². The molecule has 1 heterocycles. The number of hydrogen-bond donors (Lipinski definition) is 2. The van der Waals surface area contributed by atoms with Crippen molar-refractivity contribution >= 4 is 16.7 Å². The monoisotopic (exact) mass is 208 g/mol. The molecule has 0 aliphatic carbocycles. The molecule has 5 nitrogen and oxygen atoms in total. The van der Waals surface area contributed by atoms with Gasteiger partial charge in [-0.3, -0.25) is 0 Å². The zero-order chi connectivity index (χ0) is 11.0. The number of benzene rings is 1. The van der Waals surface area contributed by atoms with Crippen LogP contribution in [0.4, 0.5) is 0 Å². The van der Waals surface area contributed by atoms with Crippen molar-refractivity contribution in [1.29, 1.82) is 0 Å². The molecule has 78 valence electrons. The lowest BCUT2D eigenvalue weighted by molar-refractivity contribution is 0.0659. The van der Waals surface area contributed by atoms with Gasteiger partial charge in [-0.2, -0.15) is 0 Å². The van der Waals surface area contributed by atoms with Gasteiger partial charge in [0.15, 0.2) is 0 Å². The van der Waals surface area contributed by atoms with Gasteiger partial charge in [0.2, 0.25) is 5.76 Å². The molecule has 2 rings (SSSR count). The molecule has 0 atom stereocenters. The highest BCUT2D eigenvalue weighted by Gasteiger charge is 2.18. The smallest absolute Gasteiger partial charge is 0.372 e. The molecule has 0 radical (unpaired) electrons. The Morgan fingerprint density at radius 3 is 2.73 bits per heavy atom. The first-order chi connectivity index (χ1) is 7.13. The van der Waals surface area contributed by atoms with Gasteiger partial charge in [0.25, 0.3) is 5.95 Å². The molecule has 0 aliphatic heterocycles. The van der Waals surface area contributed by atoms with Gasteiger partial charge in [-0.25, -0.2) is 4.79 Å². The van der Waals surface area contributed by atoms with Crippen LogP contribution in [0.3, 0.4) is 0 Å². The van der Waals surface area contributed by atoms with Crippen LogP contribution < -0.4 is 4.74 Å². The van der Waals surface area contributed by atoms with Gasteiger partial charge in [0.1, 0.15) is 5.75 Å². The van der Waals surface area contributed by atoms with Crippen LogP contribution in [0.25, 0.3) is 10.8 Å². The van der Waals surface area contributed by atoms with Gasteiger partial charge >= 0.3 is 5.97 Å². The van der Waals surface area contributed by atoms with E-state index in [1.54, 1.807) is 12.1 Å². The predicted molar refractivity (Wildman–Crippen MR) is 51.4 cm³/mol. The molecule has 15 heavy (non-hydrogen) atoms. The average molecular weight is 208 g/mol. The first-order valence-corrected chi connectivity index (χ1v) is 4.16.